The fourth-order valence-electron chi connectivity index (χ4n) is 1.97. The Hall–Kier alpha value is -2.89. The summed E-state index contributed by atoms with van der Waals surface area (Å²) >= 11 is 0. The zero-order valence-corrected chi connectivity index (χ0v) is 12.9. The number of benzene rings is 1. The number of hydrogen-bond acceptors (Lipinski definition) is 5. The van der Waals surface area contributed by atoms with Crippen LogP contribution < -0.4 is 10.6 Å². The van der Waals surface area contributed by atoms with E-state index in [1.807, 2.05) is 12.1 Å². The smallest absolute Gasteiger partial charge is 0.340 e. The normalized spacial score (nSPS) is 9.96. The number of nitrogens with one attached hydrogen (secondary N) is 2. The quantitative estimate of drug-likeness (QED) is 0.764. The van der Waals surface area contributed by atoms with Crippen LogP contribution in [0.4, 0.5) is 5.69 Å². The first-order valence-corrected chi connectivity index (χ1v) is 7.36. The molecule has 0 bridgehead atoms. The fraction of sp³-hybridized carbons (Fsp3) is 0.235. The van der Waals surface area contributed by atoms with E-state index in [0.717, 1.165) is 5.56 Å². The molecule has 1 aromatic carbocycles. The van der Waals surface area contributed by atoms with Crippen molar-refractivity contribution in [3.8, 4) is 0 Å². The number of pyridine rings is 1. The molecule has 1 amide bonds. The van der Waals surface area contributed by atoms with Gasteiger partial charge in [0.05, 0.1) is 18.7 Å². The summed E-state index contributed by atoms with van der Waals surface area (Å²) in [6.07, 6.45) is 3.38. The van der Waals surface area contributed by atoms with Crippen LogP contribution in [0.2, 0.25) is 0 Å². The van der Waals surface area contributed by atoms with Gasteiger partial charge in [-0.1, -0.05) is 18.2 Å². The standard InChI is InChI=1S/C17H19N3O3/c1-2-23-17(22)14-7-3-4-8-15(14)19-12-16(21)20-11-13-6-5-9-18-10-13/h3-10,19H,2,11-12H2,1H3,(H,20,21). The van der Waals surface area contributed by atoms with E-state index < -0.39 is 5.97 Å². The predicted molar refractivity (Wildman–Crippen MR) is 87.0 cm³/mol. The molecule has 0 aliphatic heterocycles. The van der Waals surface area contributed by atoms with E-state index >= 15 is 0 Å². The van der Waals surface area contributed by atoms with E-state index in [1.54, 1.807) is 43.6 Å². The second-order valence-electron chi connectivity index (χ2n) is 4.76. The topological polar surface area (TPSA) is 80.3 Å². The van der Waals surface area contributed by atoms with Crippen LogP contribution in [0.25, 0.3) is 0 Å². The van der Waals surface area contributed by atoms with Gasteiger partial charge in [0.2, 0.25) is 5.91 Å². The van der Waals surface area contributed by atoms with Crippen molar-refractivity contribution < 1.29 is 14.3 Å². The van der Waals surface area contributed by atoms with Crippen LogP contribution in [-0.4, -0.2) is 30.0 Å². The number of anilines is 1. The lowest BCUT2D eigenvalue weighted by Crippen LogP contribution is -2.29. The molecule has 0 aliphatic rings. The Labute approximate surface area is 134 Å². The molecule has 120 valence electrons. The molecule has 1 aromatic heterocycles. The van der Waals surface area contributed by atoms with Gasteiger partial charge in [-0.15, -0.1) is 0 Å². The van der Waals surface area contributed by atoms with E-state index in [9.17, 15) is 9.59 Å². The zero-order valence-electron chi connectivity index (χ0n) is 12.9. The van der Waals surface area contributed by atoms with Crippen molar-refractivity contribution in [2.75, 3.05) is 18.5 Å². The summed E-state index contributed by atoms with van der Waals surface area (Å²) in [7, 11) is 0. The van der Waals surface area contributed by atoms with Crippen molar-refractivity contribution in [3.05, 3.63) is 59.9 Å². The number of aromatic nitrogens is 1. The van der Waals surface area contributed by atoms with Crippen molar-refractivity contribution in [3.63, 3.8) is 0 Å². The van der Waals surface area contributed by atoms with Gasteiger partial charge in [0.1, 0.15) is 0 Å². The third kappa shape index (κ3) is 5.10. The summed E-state index contributed by atoms with van der Waals surface area (Å²) in [5, 5.41) is 5.75. The van der Waals surface area contributed by atoms with Gasteiger partial charge in [0.25, 0.3) is 0 Å². The highest BCUT2D eigenvalue weighted by molar-refractivity contribution is 5.96. The van der Waals surface area contributed by atoms with Crippen molar-refractivity contribution in [1.82, 2.24) is 10.3 Å². The number of para-hydroxylation sites is 1. The Morgan fingerprint density at radius 1 is 1.17 bits per heavy atom. The average Bonchev–Trinajstić information content (AvgIpc) is 2.59. The Kier molecular flexibility index (Phi) is 6.11. The molecule has 1 heterocycles. The molecule has 2 rings (SSSR count). The number of amides is 1. The molecule has 6 heteroatoms. The molecule has 23 heavy (non-hydrogen) atoms. The minimum Gasteiger partial charge on any atom is -0.462 e. The van der Waals surface area contributed by atoms with Gasteiger partial charge >= 0.3 is 5.97 Å². The highest BCUT2D eigenvalue weighted by Gasteiger charge is 2.12. The molecule has 0 atom stereocenters. The summed E-state index contributed by atoms with van der Waals surface area (Å²) in [5.41, 5.74) is 1.91. The minimum atomic E-state index is -0.411. The summed E-state index contributed by atoms with van der Waals surface area (Å²) in [4.78, 5) is 27.7. The maximum atomic E-state index is 11.9. The van der Waals surface area contributed by atoms with E-state index in [0.29, 0.717) is 24.4 Å². The van der Waals surface area contributed by atoms with Crippen molar-refractivity contribution in [2.24, 2.45) is 0 Å². The summed E-state index contributed by atoms with van der Waals surface area (Å²) in [5.74, 6) is -0.584. The minimum absolute atomic E-state index is 0.0662. The molecule has 0 fully saturated rings. The first-order valence-electron chi connectivity index (χ1n) is 7.36. The Morgan fingerprint density at radius 2 is 2.00 bits per heavy atom. The lowest BCUT2D eigenvalue weighted by Gasteiger charge is -2.11. The number of rotatable bonds is 7. The Bertz CT molecular complexity index is 659. The molecule has 0 saturated carbocycles. The number of ether oxygens (including phenoxy) is 1. The van der Waals surface area contributed by atoms with Crippen LogP contribution in [-0.2, 0) is 16.1 Å². The van der Waals surface area contributed by atoms with E-state index in [4.69, 9.17) is 4.74 Å². The molecule has 0 saturated heterocycles. The molecule has 2 N–H and O–H groups in total. The van der Waals surface area contributed by atoms with Crippen molar-refractivity contribution in [1.29, 1.82) is 0 Å². The molecule has 0 spiro atoms. The highest BCUT2D eigenvalue weighted by atomic mass is 16.5. The van der Waals surface area contributed by atoms with Gasteiger partial charge in [0.15, 0.2) is 0 Å². The van der Waals surface area contributed by atoms with Gasteiger partial charge in [-0.3, -0.25) is 9.78 Å². The highest BCUT2D eigenvalue weighted by Crippen LogP contribution is 2.15. The third-order valence-corrected chi connectivity index (χ3v) is 3.07. The first-order chi connectivity index (χ1) is 11.2. The molecular weight excluding hydrogens is 294 g/mol. The first kappa shape index (κ1) is 16.5. The molecule has 0 unspecified atom stereocenters. The summed E-state index contributed by atoms with van der Waals surface area (Å²) in [6, 6.07) is 10.6. The lowest BCUT2D eigenvalue weighted by atomic mass is 10.2. The molecule has 2 aromatic rings. The monoisotopic (exact) mass is 313 g/mol. The maximum Gasteiger partial charge on any atom is 0.340 e. The SMILES string of the molecule is CCOC(=O)c1ccccc1NCC(=O)NCc1cccnc1. The number of carbonyl (C=O) groups excluding carboxylic acids is 2. The molecule has 6 nitrogen and oxygen atoms in total. The van der Waals surface area contributed by atoms with Crippen LogP contribution in [0.1, 0.15) is 22.8 Å². The maximum absolute atomic E-state index is 11.9. The van der Waals surface area contributed by atoms with E-state index in [1.165, 1.54) is 0 Å². The summed E-state index contributed by atoms with van der Waals surface area (Å²) < 4.78 is 4.99. The lowest BCUT2D eigenvalue weighted by molar-refractivity contribution is -0.119. The van der Waals surface area contributed by atoms with Gasteiger partial charge < -0.3 is 15.4 Å². The largest absolute Gasteiger partial charge is 0.462 e. The Balaban J connectivity index is 1.88. The third-order valence-electron chi connectivity index (χ3n) is 3.07. The van der Waals surface area contributed by atoms with Crippen molar-refractivity contribution >= 4 is 17.6 Å². The van der Waals surface area contributed by atoms with Gasteiger partial charge in [0, 0.05) is 24.6 Å². The molecular formula is C17H19N3O3. The van der Waals surface area contributed by atoms with Gasteiger partial charge in [-0.2, -0.15) is 0 Å². The fourth-order valence-corrected chi connectivity index (χ4v) is 1.97. The van der Waals surface area contributed by atoms with E-state index in [-0.39, 0.29) is 12.5 Å². The number of nitrogens with zero attached hydrogens (tertiary/aromatic N) is 1. The molecule has 0 aliphatic carbocycles. The second-order valence-corrected chi connectivity index (χ2v) is 4.76. The van der Waals surface area contributed by atoms with Gasteiger partial charge in [-0.25, -0.2) is 4.79 Å². The van der Waals surface area contributed by atoms with Crippen LogP contribution >= 0.6 is 0 Å². The van der Waals surface area contributed by atoms with E-state index in [2.05, 4.69) is 15.6 Å². The van der Waals surface area contributed by atoms with Crippen LogP contribution in [0.15, 0.2) is 48.8 Å². The van der Waals surface area contributed by atoms with Crippen LogP contribution in [0, 0.1) is 0 Å². The number of esters is 1. The number of hydrogen-bond donors (Lipinski definition) is 2. The van der Waals surface area contributed by atoms with Gasteiger partial charge in [-0.05, 0) is 30.7 Å². The molecule has 0 radical (unpaired) electrons. The van der Waals surface area contributed by atoms with Crippen LogP contribution in [0.3, 0.4) is 0 Å². The number of carbonyl (C=O) groups is 2. The van der Waals surface area contributed by atoms with Crippen LogP contribution in [0.5, 0.6) is 0 Å². The Morgan fingerprint density at radius 3 is 2.74 bits per heavy atom. The second kappa shape index (κ2) is 8.53. The summed E-state index contributed by atoms with van der Waals surface area (Å²) in [6.45, 7) is 2.53. The average molecular weight is 313 g/mol. The van der Waals surface area contributed by atoms with Crippen molar-refractivity contribution in [2.45, 2.75) is 13.5 Å². The zero-order chi connectivity index (χ0) is 16.5. The predicted octanol–water partition coefficient (Wildman–Crippen LogP) is 1.99.